The van der Waals surface area contributed by atoms with Crippen LogP contribution in [0.3, 0.4) is 0 Å². The molecule has 1 fully saturated rings. The summed E-state index contributed by atoms with van der Waals surface area (Å²) in [6.07, 6.45) is 0.360. The Morgan fingerprint density at radius 2 is 2.15 bits per heavy atom. The van der Waals surface area contributed by atoms with E-state index in [9.17, 15) is 9.59 Å². The van der Waals surface area contributed by atoms with Gasteiger partial charge in [0.05, 0.1) is 6.61 Å². The number of ether oxygens (including phenoxy) is 1. The highest BCUT2D eigenvalue weighted by Crippen LogP contribution is 2.25. The number of hydrogen-bond donors (Lipinski definition) is 1. The van der Waals surface area contributed by atoms with Crippen LogP contribution in [0.15, 0.2) is 0 Å². The summed E-state index contributed by atoms with van der Waals surface area (Å²) in [6, 6.07) is 0. The lowest BCUT2D eigenvalue weighted by Crippen LogP contribution is -2.55. The van der Waals surface area contributed by atoms with E-state index in [0.717, 1.165) is 0 Å². The van der Waals surface area contributed by atoms with Crippen LogP contribution < -0.4 is 0 Å². The fourth-order valence-electron chi connectivity index (χ4n) is 1.43. The molecule has 1 amide bonds. The topological polar surface area (TPSA) is 66.8 Å². The zero-order chi connectivity index (χ0) is 10.1. The van der Waals surface area contributed by atoms with Crippen molar-refractivity contribution in [2.75, 3.05) is 20.3 Å². The van der Waals surface area contributed by atoms with Crippen LogP contribution in [0.2, 0.25) is 0 Å². The number of carboxylic acid groups (broad SMARTS) is 1. The molecule has 74 valence electrons. The molecule has 5 heteroatoms. The van der Waals surface area contributed by atoms with Crippen molar-refractivity contribution in [3.05, 3.63) is 0 Å². The number of aliphatic carboxylic acids is 1. The molecule has 1 rings (SSSR count). The molecule has 0 bridgehead atoms. The molecule has 1 heterocycles. The van der Waals surface area contributed by atoms with E-state index in [0.29, 0.717) is 13.0 Å². The Morgan fingerprint density at radius 3 is 2.46 bits per heavy atom. The summed E-state index contributed by atoms with van der Waals surface area (Å²) in [4.78, 5) is 23.3. The van der Waals surface area contributed by atoms with Crippen LogP contribution in [0.1, 0.15) is 13.3 Å². The smallest absolute Gasteiger partial charge is 0.332 e. The van der Waals surface area contributed by atoms with Crippen molar-refractivity contribution in [3.63, 3.8) is 0 Å². The fraction of sp³-hybridized carbons (Fsp3) is 0.750. The molecule has 0 spiro atoms. The lowest BCUT2D eigenvalue weighted by atomic mass is 9.97. The number of carbonyl (C=O) groups excluding carboxylic acids is 1. The molecule has 1 unspecified atom stereocenters. The van der Waals surface area contributed by atoms with Gasteiger partial charge in [-0.05, 0) is 0 Å². The lowest BCUT2D eigenvalue weighted by Gasteiger charge is -2.32. The first-order valence-electron chi connectivity index (χ1n) is 4.06. The Morgan fingerprint density at radius 1 is 1.54 bits per heavy atom. The third-order valence-corrected chi connectivity index (χ3v) is 2.51. The van der Waals surface area contributed by atoms with Crippen molar-refractivity contribution in [2.24, 2.45) is 0 Å². The standard InChI is InChI=1S/C8H13NO4/c1-6(10)9(2)8(7(11)12)3-4-13-5-8/h3-5H2,1-2H3,(H,11,12). The van der Waals surface area contributed by atoms with Gasteiger partial charge in [-0.15, -0.1) is 0 Å². The summed E-state index contributed by atoms with van der Waals surface area (Å²) in [7, 11) is 1.49. The van der Waals surface area contributed by atoms with Gasteiger partial charge >= 0.3 is 5.97 Å². The number of likely N-dealkylation sites (N-methyl/N-ethyl adjacent to an activating group) is 1. The van der Waals surface area contributed by atoms with Crippen LogP contribution in [0.5, 0.6) is 0 Å². The molecule has 0 aromatic rings. The molecular weight excluding hydrogens is 174 g/mol. The van der Waals surface area contributed by atoms with Gasteiger partial charge in [-0.1, -0.05) is 0 Å². The predicted molar refractivity (Wildman–Crippen MR) is 44.2 cm³/mol. The first-order chi connectivity index (χ1) is 6.00. The lowest BCUT2D eigenvalue weighted by molar-refractivity contribution is -0.157. The zero-order valence-corrected chi connectivity index (χ0v) is 7.74. The summed E-state index contributed by atoms with van der Waals surface area (Å²) in [6.45, 7) is 1.82. The Bertz CT molecular complexity index is 232. The fourth-order valence-corrected chi connectivity index (χ4v) is 1.43. The van der Waals surface area contributed by atoms with Crippen LogP contribution in [-0.4, -0.2) is 47.7 Å². The van der Waals surface area contributed by atoms with Gasteiger partial charge in [0.25, 0.3) is 0 Å². The molecule has 0 radical (unpaired) electrons. The highest BCUT2D eigenvalue weighted by Gasteiger charge is 2.47. The molecule has 13 heavy (non-hydrogen) atoms. The highest BCUT2D eigenvalue weighted by atomic mass is 16.5. The van der Waals surface area contributed by atoms with Crippen molar-refractivity contribution in [1.29, 1.82) is 0 Å². The van der Waals surface area contributed by atoms with Crippen molar-refractivity contribution in [1.82, 2.24) is 4.90 Å². The quantitative estimate of drug-likeness (QED) is 0.645. The number of carbonyl (C=O) groups is 2. The Balaban J connectivity index is 2.90. The molecule has 5 nitrogen and oxygen atoms in total. The number of hydrogen-bond acceptors (Lipinski definition) is 3. The van der Waals surface area contributed by atoms with Gasteiger partial charge in [0.15, 0.2) is 5.54 Å². The first-order valence-corrected chi connectivity index (χ1v) is 4.06. The van der Waals surface area contributed by atoms with E-state index >= 15 is 0 Å². The molecule has 1 saturated heterocycles. The van der Waals surface area contributed by atoms with Gasteiger partial charge in [-0.3, -0.25) is 4.79 Å². The summed E-state index contributed by atoms with van der Waals surface area (Å²) < 4.78 is 5.02. The monoisotopic (exact) mass is 187 g/mol. The third-order valence-electron chi connectivity index (χ3n) is 2.51. The van der Waals surface area contributed by atoms with Crippen LogP contribution >= 0.6 is 0 Å². The maximum Gasteiger partial charge on any atom is 0.332 e. The Hall–Kier alpha value is -1.10. The number of amides is 1. The van der Waals surface area contributed by atoms with Crippen molar-refractivity contribution in [2.45, 2.75) is 18.9 Å². The van der Waals surface area contributed by atoms with Gasteiger partial charge in [0, 0.05) is 27.0 Å². The predicted octanol–water partition coefficient (Wildman–Crippen LogP) is -0.292. The first kappa shape index (κ1) is 9.98. The van der Waals surface area contributed by atoms with E-state index in [2.05, 4.69) is 0 Å². The van der Waals surface area contributed by atoms with E-state index in [1.165, 1.54) is 18.9 Å². The van der Waals surface area contributed by atoms with Gasteiger partial charge in [-0.25, -0.2) is 4.79 Å². The average Bonchev–Trinajstić information content (AvgIpc) is 2.51. The molecule has 0 aromatic heterocycles. The van der Waals surface area contributed by atoms with Crippen LogP contribution in [-0.2, 0) is 14.3 Å². The minimum atomic E-state index is -1.15. The SMILES string of the molecule is CC(=O)N(C)C1(C(=O)O)CCOC1. The van der Waals surface area contributed by atoms with Gasteiger partial charge < -0.3 is 14.7 Å². The van der Waals surface area contributed by atoms with E-state index in [1.54, 1.807) is 0 Å². The summed E-state index contributed by atoms with van der Waals surface area (Å²) in [5.41, 5.74) is -1.15. The Kier molecular flexibility index (Phi) is 2.56. The molecule has 1 N–H and O–H groups in total. The highest BCUT2D eigenvalue weighted by molar-refractivity contribution is 5.86. The van der Waals surface area contributed by atoms with E-state index in [1.807, 2.05) is 0 Å². The normalized spacial score (nSPS) is 27.2. The molecule has 0 aromatic carbocycles. The van der Waals surface area contributed by atoms with E-state index in [4.69, 9.17) is 9.84 Å². The molecule has 1 aliphatic rings. The maximum absolute atomic E-state index is 11.0. The summed E-state index contributed by atoms with van der Waals surface area (Å²) in [5.74, 6) is -1.25. The Labute approximate surface area is 76.3 Å². The minimum Gasteiger partial charge on any atom is -0.479 e. The van der Waals surface area contributed by atoms with E-state index in [-0.39, 0.29) is 12.5 Å². The molecule has 0 saturated carbocycles. The molecule has 0 aliphatic carbocycles. The van der Waals surface area contributed by atoms with Crippen LogP contribution in [0.25, 0.3) is 0 Å². The molecule has 1 atom stereocenters. The number of rotatable bonds is 2. The number of carboxylic acids is 1. The number of nitrogens with zero attached hydrogens (tertiary/aromatic N) is 1. The van der Waals surface area contributed by atoms with Crippen LogP contribution in [0.4, 0.5) is 0 Å². The van der Waals surface area contributed by atoms with Crippen molar-refractivity contribution >= 4 is 11.9 Å². The molecular formula is C8H13NO4. The largest absolute Gasteiger partial charge is 0.479 e. The van der Waals surface area contributed by atoms with Gasteiger partial charge in [-0.2, -0.15) is 0 Å². The summed E-state index contributed by atoms with van der Waals surface area (Å²) in [5, 5.41) is 9.01. The van der Waals surface area contributed by atoms with Gasteiger partial charge in [0.1, 0.15) is 0 Å². The van der Waals surface area contributed by atoms with E-state index < -0.39 is 11.5 Å². The molecule has 1 aliphatic heterocycles. The van der Waals surface area contributed by atoms with Crippen molar-refractivity contribution < 1.29 is 19.4 Å². The van der Waals surface area contributed by atoms with Gasteiger partial charge in [0.2, 0.25) is 5.91 Å². The minimum absolute atomic E-state index is 0.0818. The second-order valence-electron chi connectivity index (χ2n) is 3.22. The van der Waals surface area contributed by atoms with Crippen LogP contribution in [0, 0.1) is 0 Å². The summed E-state index contributed by atoms with van der Waals surface area (Å²) >= 11 is 0. The third kappa shape index (κ3) is 1.51. The van der Waals surface area contributed by atoms with Crippen molar-refractivity contribution in [3.8, 4) is 0 Å². The maximum atomic E-state index is 11.0. The second kappa shape index (κ2) is 3.33. The average molecular weight is 187 g/mol. The second-order valence-corrected chi connectivity index (χ2v) is 3.22. The zero-order valence-electron chi connectivity index (χ0n) is 7.74.